The van der Waals surface area contributed by atoms with Gasteiger partial charge in [-0.05, 0) is 23.8 Å². The fourth-order valence-electron chi connectivity index (χ4n) is 2.29. The number of aromatic nitrogens is 3. The molecular formula is C17H15F3N4. The van der Waals surface area contributed by atoms with Gasteiger partial charge in [0.25, 0.3) is 0 Å². The Morgan fingerprint density at radius 3 is 2.17 bits per heavy atom. The van der Waals surface area contributed by atoms with E-state index in [9.17, 15) is 13.2 Å². The minimum Gasteiger partial charge on any atom is -0.363 e. The Morgan fingerprint density at radius 2 is 1.62 bits per heavy atom. The number of hydrogen-bond acceptors (Lipinski definition) is 3. The lowest BCUT2D eigenvalue weighted by molar-refractivity contribution is -0.137. The van der Waals surface area contributed by atoms with E-state index >= 15 is 0 Å². The minimum absolute atomic E-state index is 0.262. The van der Waals surface area contributed by atoms with Crippen molar-refractivity contribution in [2.75, 3.05) is 19.0 Å². The zero-order valence-electron chi connectivity index (χ0n) is 13.1. The molecule has 4 nitrogen and oxygen atoms in total. The van der Waals surface area contributed by atoms with Gasteiger partial charge in [0.1, 0.15) is 5.82 Å². The first-order valence-electron chi connectivity index (χ1n) is 7.21. The Bertz CT molecular complexity index is 822. The van der Waals surface area contributed by atoms with Gasteiger partial charge in [0.2, 0.25) is 0 Å². The number of benzene rings is 1. The van der Waals surface area contributed by atoms with Gasteiger partial charge in [-0.1, -0.05) is 24.3 Å². The van der Waals surface area contributed by atoms with Crippen LogP contribution < -0.4 is 4.90 Å². The molecule has 0 atom stereocenters. The highest BCUT2D eigenvalue weighted by Crippen LogP contribution is 2.34. The summed E-state index contributed by atoms with van der Waals surface area (Å²) < 4.78 is 39.4. The van der Waals surface area contributed by atoms with Crippen LogP contribution in [-0.2, 0) is 6.18 Å². The highest BCUT2D eigenvalue weighted by atomic mass is 19.4. The van der Waals surface area contributed by atoms with Gasteiger partial charge in [0.05, 0.1) is 17.0 Å². The van der Waals surface area contributed by atoms with E-state index in [1.165, 1.54) is 0 Å². The van der Waals surface area contributed by atoms with Crippen molar-refractivity contribution in [2.24, 2.45) is 0 Å². The summed E-state index contributed by atoms with van der Waals surface area (Å²) in [5, 5.41) is 6.73. The fraction of sp³-hybridized carbons (Fsp3) is 0.176. The number of hydrogen-bond donors (Lipinski definition) is 1. The van der Waals surface area contributed by atoms with Crippen molar-refractivity contribution in [3.05, 3.63) is 54.2 Å². The number of H-pyrrole nitrogens is 1. The smallest absolute Gasteiger partial charge is 0.363 e. The Kier molecular flexibility index (Phi) is 4.01. The van der Waals surface area contributed by atoms with Crippen LogP contribution in [0.15, 0.2) is 48.7 Å². The van der Waals surface area contributed by atoms with Crippen molar-refractivity contribution in [2.45, 2.75) is 6.18 Å². The zero-order chi connectivity index (χ0) is 17.3. The summed E-state index contributed by atoms with van der Waals surface area (Å²) in [7, 11) is 3.32. The van der Waals surface area contributed by atoms with E-state index in [0.717, 1.165) is 23.4 Å². The highest BCUT2D eigenvalue weighted by Gasteiger charge is 2.32. The molecule has 0 aliphatic heterocycles. The van der Waals surface area contributed by atoms with Gasteiger partial charge in [-0.25, -0.2) is 4.98 Å². The molecule has 0 fully saturated rings. The van der Waals surface area contributed by atoms with Crippen LogP contribution in [0.2, 0.25) is 0 Å². The second-order valence-corrected chi connectivity index (χ2v) is 5.54. The largest absolute Gasteiger partial charge is 0.416 e. The first-order chi connectivity index (χ1) is 11.3. The summed E-state index contributed by atoms with van der Waals surface area (Å²) in [5.41, 5.74) is 1.93. The normalized spacial score (nSPS) is 11.5. The molecule has 0 amide bonds. The Labute approximate surface area is 137 Å². The van der Waals surface area contributed by atoms with E-state index in [2.05, 4.69) is 15.2 Å². The maximum atomic E-state index is 13.1. The number of anilines is 1. The molecule has 124 valence electrons. The van der Waals surface area contributed by atoms with Gasteiger partial charge in [-0.15, -0.1) is 0 Å². The second kappa shape index (κ2) is 5.99. The lowest BCUT2D eigenvalue weighted by Gasteiger charge is -2.16. The lowest BCUT2D eigenvalue weighted by atomic mass is 10.0. The van der Waals surface area contributed by atoms with Crippen LogP contribution in [-0.4, -0.2) is 29.3 Å². The molecule has 1 N–H and O–H groups in total. The van der Waals surface area contributed by atoms with Crippen LogP contribution in [0.3, 0.4) is 0 Å². The third-order valence-electron chi connectivity index (χ3n) is 3.59. The molecule has 0 unspecified atom stereocenters. The molecule has 2 heterocycles. The van der Waals surface area contributed by atoms with Crippen molar-refractivity contribution in [1.29, 1.82) is 0 Å². The molecule has 3 aromatic rings. The third kappa shape index (κ3) is 3.24. The summed E-state index contributed by atoms with van der Waals surface area (Å²) in [5.74, 6) is 0.262. The van der Waals surface area contributed by atoms with Crippen LogP contribution in [0.4, 0.5) is 19.0 Å². The SMILES string of the molecule is CN(C)c1cc(C(F)(F)F)cc(-c2ccc(-c3ccn[nH]3)cc2)n1. The maximum absolute atomic E-state index is 13.1. The predicted molar refractivity (Wildman–Crippen MR) is 86.6 cm³/mol. The van der Waals surface area contributed by atoms with Crippen LogP contribution in [0.1, 0.15) is 5.56 Å². The monoisotopic (exact) mass is 332 g/mol. The molecular weight excluding hydrogens is 317 g/mol. The van der Waals surface area contributed by atoms with Gasteiger partial charge in [0.15, 0.2) is 0 Å². The van der Waals surface area contributed by atoms with Gasteiger partial charge < -0.3 is 4.90 Å². The van der Waals surface area contributed by atoms with E-state index in [4.69, 9.17) is 0 Å². The Balaban J connectivity index is 2.03. The molecule has 0 aliphatic carbocycles. The quantitative estimate of drug-likeness (QED) is 0.781. The van der Waals surface area contributed by atoms with E-state index < -0.39 is 11.7 Å². The average molecular weight is 332 g/mol. The Morgan fingerprint density at radius 1 is 0.958 bits per heavy atom. The molecule has 0 spiro atoms. The second-order valence-electron chi connectivity index (χ2n) is 5.54. The van der Waals surface area contributed by atoms with E-state index in [-0.39, 0.29) is 11.5 Å². The Hall–Kier alpha value is -2.83. The highest BCUT2D eigenvalue weighted by molar-refractivity contribution is 5.68. The van der Waals surface area contributed by atoms with Crippen molar-refractivity contribution >= 4 is 5.82 Å². The van der Waals surface area contributed by atoms with Gasteiger partial charge >= 0.3 is 6.18 Å². The molecule has 0 saturated carbocycles. The molecule has 2 aromatic heterocycles. The van der Waals surface area contributed by atoms with Crippen molar-refractivity contribution in [3.8, 4) is 22.5 Å². The lowest BCUT2D eigenvalue weighted by Crippen LogP contribution is -2.14. The van der Waals surface area contributed by atoms with Crippen molar-refractivity contribution < 1.29 is 13.2 Å². The van der Waals surface area contributed by atoms with Gasteiger partial charge in [-0.3, -0.25) is 5.10 Å². The average Bonchev–Trinajstić information content (AvgIpc) is 3.08. The van der Waals surface area contributed by atoms with E-state index in [1.807, 2.05) is 18.2 Å². The molecule has 7 heteroatoms. The molecule has 0 radical (unpaired) electrons. The number of alkyl halides is 3. The fourth-order valence-corrected chi connectivity index (χ4v) is 2.29. The van der Waals surface area contributed by atoms with Crippen LogP contribution in [0.5, 0.6) is 0 Å². The first kappa shape index (κ1) is 16.0. The first-order valence-corrected chi connectivity index (χ1v) is 7.21. The van der Waals surface area contributed by atoms with E-state index in [0.29, 0.717) is 5.56 Å². The molecule has 24 heavy (non-hydrogen) atoms. The zero-order valence-corrected chi connectivity index (χ0v) is 13.1. The summed E-state index contributed by atoms with van der Waals surface area (Å²) in [6.07, 6.45) is -2.78. The summed E-state index contributed by atoms with van der Waals surface area (Å²) in [4.78, 5) is 5.87. The van der Waals surface area contributed by atoms with Gasteiger partial charge in [0, 0.05) is 25.9 Å². The molecule has 3 rings (SSSR count). The summed E-state index contributed by atoms with van der Waals surface area (Å²) >= 11 is 0. The number of rotatable bonds is 3. The molecule has 0 saturated heterocycles. The summed E-state index contributed by atoms with van der Waals surface area (Å²) in [6.45, 7) is 0. The standard InChI is InChI=1S/C17H15F3N4/c1-24(2)16-10-13(17(18,19)20)9-15(22-16)12-5-3-11(4-6-12)14-7-8-21-23-14/h3-10H,1-2H3,(H,21,23). The van der Waals surface area contributed by atoms with Crippen LogP contribution in [0, 0.1) is 0 Å². The predicted octanol–water partition coefficient (Wildman–Crippen LogP) is 4.22. The van der Waals surface area contributed by atoms with Crippen molar-refractivity contribution in [1.82, 2.24) is 15.2 Å². The third-order valence-corrected chi connectivity index (χ3v) is 3.59. The number of halogens is 3. The molecule has 1 aromatic carbocycles. The molecule has 0 aliphatic rings. The number of nitrogens with one attached hydrogen (secondary N) is 1. The van der Waals surface area contributed by atoms with Crippen LogP contribution >= 0.6 is 0 Å². The number of aromatic amines is 1. The summed E-state index contributed by atoms with van der Waals surface area (Å²) in [6, 6.07) is 11.1. The molecule has 0 bridgehead atoms. The van der Waals surface area contributed by atoms with E-state index in [1.54, 1.807) is 37.3 Å². The van der Waals surface area contributed by atoms with Gasteiger partial charge in [-0.2, -0.15) is 18.3 Å². The minimum atomic E-state index is -4.42. The van der Waals surface area contributed by atoms with Crippen LogP contribution in [0.25, 0.3) is 22.5 Å². The topological polar surface area (TPSA) is 44.8 Å². The number of nitrogens with zero attached hydrogens (tertiary/aromatic N) is 3. The number of pyridine rings is 1. The maximum Gasteiger partial charge on any atom is 0.416 e. The van der Waals surface area contributed by atoms with Crippen molar-refractivity contribution in [3.63, 3.8) is 0 Å².